The number of benzene rings is 1. The van der Waals surface area contributed by atoms with Gasteiger partial charge < -0.3 is 4.74 Å². The summed E-state index contributed by atoms with van der Waals surface area (Å²) in [6.07, 6.45) is 1.13. The third-order valence-electron chi connectivity index (χ3n) is 2.28. The molecule has 0 N–H and O–H groups in total. The minimum Gasteiger partial charge on any atom is -0.376 e. The van der Waals surface area contributed by atoms with Gasteiger partial charge in [-0.3, -0.25) is 0 Å². The summed E-state index contributed by atoms with van der Waals surface area (Å²) >= 11 is 0. The molecule has 1 aromatic carbocycles. The van der Waals surface area contributed by atoms with Crippen LogP contribution in [0.15, 0.2) is 24.3 Å². The molecule has 0 bridgehead atoms. The summed E-state index contributed by atoms with van der Waals surface area (Å²) in [5.41, 5.74) is 1.02. The molecule has 1 rings (SSSR count). The third kappa shape index (κ3) is 3.88. The zero-order valence-electron chi connectivity index (χ0n) is 8.79. The van der Waals surface area contributed by atoms with Gasteiger partial charge in [-0.05, 0) is 23.6 Å². The van der Waals surface area contributed by atoms with E-state index < -0.39 is 0 Å². The fourth-order valence-corrected chi connectivity index (χ4v) is 1.08. The van der Waals surface area contributed by atoms with E-state index >= 15 is 0 Å². The Labute approximate surface area is 84.9 Å². The highest BCUT2D eigenvalue weighted by molar-refractivity contribution is 5.14. The molecule has 0 heterocycles. The van der Waals surface area contributed by atoms with Crippen molar-refractivity contribution in [3.63, 3.8) is 0 Å². The predicted octanol–water partition coefficient (Wildman–Crippen LogP) is 3.39. The van der Waals surface area contributed by atoms with Crippen LogP contribution >= 0.6 is 0 Å². The molecular weight excluding hydrogens is 179 g/mol. The fourth-order valence-electron chi connectivity index (χ4n) is 1.08. The normalized spacial score (nSPS) is 12.8. The van der Waals surface area contributed by atoms with Gasteiger partial charge in [0.05, 0.1) is 6.61 Å². The topological polar surface area (TPSA) is 9.23 Å². The second-order valence-electron chi connectivity index (χ2n) is 3.66. The first-order valence-corrected chi connectivity index (χ1v) is 5.04. The molecule has 0 aliphatic heterocycles. The van der Waals surface area contributed by atoms with Gasteiger partial charge in [0, 0.05) is 6.61 Å². The summed E-state index contributed by atoms with van der Waals surface area (Å²) in [5, 5.41) is 0. The van der Waals surface area contributed by atoms with Crippen LogP contribution in [0.25, 0.3) is 0 Å². The summed E-state index contributed by atoms with van der Waals surface area (Å²) in [6.45, 7) is 5.65. The maximum absolute atomic E-state index is 12.6. The molecule has 0 radical (unpaired) electrons. The second kappa shape index (κ2) is 5.76. The minimum absolute atomic E-state index is 0.198. The van der Waals surface area contributed by atoms with Gasteiger partial charge in [0.15, 0.2) is 0 Å². The lowest BCUT2D eigenvalue weighted by atomic mass is 10.1. The molecule has 0 fully saturated rings. The van der Waals surface area contributed by atoms with Crippen LogP contribution < -0.4 is 0 Å². The van der Waals surface area contributed by atoms with Gasteiger partial charge in [-0.15, -0.1) is 0 Å². The molecular formula is C12H17FO. The molecule has 0 aromatic heterocycles. The monoisotopic (exact) mass is 196 g/mol. The molecule has 1 nitrogen and oxygen atoms in total. The lowest BCUT2D eigenvalue weighted by Crippen LogP contribution is -2.04. The Morgan fingerprint density at radius 3 is 2.50 bits per heavy atom. The van der Waals surface area contributed by atoms with E-state index in [1.165, 1.54) is 12.1 Å². The van der Waals surface area contributed by atoms with Crippen LogP contribution in [0.2, 0.25) is 0 Å². The fraction of sp³-hybridized carbons (Fsp3) is 0.500. The van der Waals surface area contributed by atoms with Gasteiger partial charge in [0.2, 0.25) is 0 Å². The number of halogens is 1. The van der Waals surface area contributed by atoms with Gasteiger partial charge in [-0.2, -0.15) is 0 Å². The highest BCUT2D eigenvalue weighted by Gasteiger charge is 1.99. The molecule has 0 amide bonds. The quantitative estimate of drug-likeness (QED) is 0.701. The molecule has 0 aliphatic carbocycles. The van der Waals surface area contributed by atoms with E-state index in [9.17, 15) is 4.39 Å². The largest absolute Gasteiger partial charge is 0.376 e. The molecule has 14 heavy (non-hydrogen) atoms. The Balaban J connectivity index is 2.28. The van der Waals surface area contributed by atoms with Crippen molar-refractivity contribution >= 4 is 0 Å². The third-order valence-corrected chi connectivity index (χ3v) is 2.28. The zero-order chi connectivity index (χ0) is 10.4. The smallest absolute Gasteiger partial charge is 0.123 e. The van der Waals surface area contributed by atoms with Crippen molar-refractivity contribution in [2.45, 2.75) is 26.9 Å². The summed E-state index contributed by atoms with van der Waals surface area (Å²) < 4.78 is 18.0. The van der Waals surface area contributed by atoms with Gasteiger partial charge in [-0.1, -0.05) is 32.4 Å². The van der Waals surface area contributed by atoms with Gasteiger partial charge in [0.25, 0.3) is 0 Å². The predicted molar refractivity (Wildman–Crippen MR) is 55.5 cm³/mol. The first-order chi connectivity index (χ1) is 6.72. The molecule has 0 spiro atoms. The average Bonchev–Trinajstić information content (AvgIpc) is 2.21. The van der Waals surface area contributed by atoms with Crippen molar-refractivity contribution in [2.24, 2.45) is 5.92 Å². The van der Waals surface area contributed by atoms with E-state index in [2.05, 4.69) is 13.8 Å². The molecule has 1 atom stereocenters. The SMILES string of the molecule is CCC(C)COCc1ccc(F)cc1. The van der Waals surface area contributed by atoms with Crippen LogP contribution in [0, 0.1) is 11.7 Å². The number of ether oxygens (including phenoxy) is 1. The van der Waals surface area contributed by atoms with E-state index in [0.29, 0.717) is 12.5 Å². The van der Waals surface area contributed by atoms with E-state index in [1.807, 2.05) is 0 Å². The van der Waals surface area contributed by atoms with Crippen LogP contribution in [0.1, 0.15) is 25.8 Å². The lowest BCUT2D eigenvalue weighted by Gasteiger charge is -2.09. The molecule has 0 aliphatic rings. The Hall–Kier alpha value is -0.890. The van der Waals surface area contributed by atoms with Crippen LogP contribution in [-0.4, -0.2) is 6.61 Å². The van der Waals surface area contributed by atoms with Gasteiger partial charge >= 0.3 is 0 Å². The first kappa shape index (κ1) is 11.2. The summed E-state index contributed by atoms with van der Waals surface area (Å²) in [5.74, 6) is 0.395. The van der Waals surface area contributed by atoms with Crippen LogP contribution in [0.4, 0.5) is 4.39 Å². The zero-order valence-corrected chi connectivity index (χ0v) is 8.79. The van der Waals surface area contributed by atoms with E-state index in [1.54, 1.807) is 12.1 Å². The average molecular weight is 196 g/mol. The number of rotatable bonds is 5. The Morgan fingerprint density at radius 1 is 1.29 bits per heavy atom. The van der Waals surface area contributed by atoms with E-state index in [0.717, 1.165) is 18.6 Å². The van der Waals surface area contributed by atoms with E-state index in [-0.39, 0.29) is 5.82 Å². The van der Waals surface area contributed by atoms with Crippen LogP contribution in [0.5, 0.6) is 0 Å². The summed E-state index contributed by atoms with van der Waals surface area (Å²) in [7, 11) is 0. The van der Waals surface area contributed by atoms with Crippen LogP contribution in [0.3, 0.4) is 0 Å². The van der Waals surface area contributed by atoms with E-state index in [4.69, 9.17) is 4.74 Å². The molecule has 0 saturated carbocycles. The summed E-state index contributed by atoms with van der Waals surface area (Å²) in [6, 6.07) is 6.43. The standard InChI is InChI=1S/C12H17FO/c1-3-10(2)8-14-9-11-4-6-12(13)7-5-11/h4-7,10H,3,8-9H2,1-2H3. The maximum atomic E-state index is 12.6. The molecule has 2 heteroatoms. The Morgan fingerprint density at radius 2 is 1.93 bits per heavy atom. The van der Waals surface area contributed by atoms with Crippen LogP contribution in [-0.2, 0) is 11.3 Å². The van der Waals surface area contributed by atoms with Crippen molar-refractivity contribution < 1.29 is 9.13 Å². The summed E-state index contributed by atoms with van der Waals surface area (Å²) in [4.78, 5) is 0. The highest BCUT2D eigenvalue weighted by atomic mass is 19.1. The molecule has 78 valence electrons. The Bertz CT molecular complexity index is 256. The highest BCUT2D eigenvalue weighted by Crippen LogP contribution is 2.06. The van der Waals surface area contributed by atoms with Crippen molar-refractivity contribution in [3.05, 3.63) is 35.6 Å². The molecule has 0 saturated heterocycles. The first-order valence-electron chi connectivity index (χ1n) is 5.04. The number of hydrogen-bond donors (Lipinski definition) is 0. The van der Waals surface area contributed by atoms with Gasteiger partial charge in [0.1, 0.15) is 5.82 Å². The second-order valence-corrected chi connectivity index (χ2v) is 3.66. The van der Waals surface area contributed by atoms with Gasteiger partial charge in [-0.25, -0.2) is 4.39 Å². The minimum atomic E-state index is -0.198. The molecule has 1 unspecified atom stereocenters. The van der Waals surface area contributed by atoms with Crippen molar-refractivity contribution in [1.82, 2.24) is 0 Å². The number of hydrogen-bond acceptors (Lipinski definition) is 1. The Kier molecular flexibility index (Phi) is 4.60. The van der Waals surface area contributed by atoms with Crippen molar-refractivity contribution in [1.29, 1.82) is 0 Å². The molecule has 1 aromatic rings. The van der Waals surface area contributed by atoms with Crippen molar-refractivity contribution in [2.75, 3.05) is 6.61 Å². The lowest BCUT2D eigenvalue weighted by molar-refractivity contribution is 0.0910. The maximum Gasteiger partial charge on any atom is 0.123 e. The van der Waals surface area contributed by atoms with Crippen molar-refractivity contribution in [3.8, 4) is 0 Å².